The zero-order valence-electron chi connectivity index (χ0n) is 20.2. The van der Waals surface area contributed by atoms with Crippen LogP contribution < -0.4 is 10.2 Å². The number of carbonyl (C=O) groups is 1. The molecule has 184 valence electrons. The first-order valence-corrected chi connectivity index (χ1v) is 12.6. The molecule has 2 aliphatic rings. The maximum Gasteiger partial charge on any atom is 0.290 e. The van der Waals surface area contributed by atoms with Gasteiger partial charge in [0.15, 0.2) is 5.43 Å². The molecule has 0 saturated carbocycles. The van der Waals surface area contributed by atoms with E-state index in [0.717, 1.165) is 63.4 Å². The number of carbonyl (C=O) groups excluding carboxylic acids is 1. The Morgan fingerprint density at radius 2 is 1.74 bits per heavy atom. The molecule has 1 saturated heterocycles. The number of para-hydroxylation sites is 1. The summed E-state index contributed by atoms with van der Waals surface area (Å²) >= 11 is 0. The molecule has 0 bridgehead atoms. The standard InChI is InChI=1S/C28H32N2O5/c1-2-3-17-34-21-11-9-20(10-12-21)25-24-26(31)22-7-4-5-8-23(22)35-27(24)28(32)30(25)14-6-13-29-15-18-33-19-16-29/h4-5,7-12,25H,2-3,6,13-19H2,1H3/t25-/m1/s1. The fraction of sp³-hybridized carbons (Fsp3) is 0.429. The number of hydrogen-bond acceptors (Lipinski definition) is 6. The minimum Gasteiger partial charge on any atom is -0.494 e. The smallest absolute Gasteiger partial charge is 0.290 e. The third-order valence-corrected chi connectivity index (χ3v) is 6.81. The molecular weight excluding hydrogens is 444 g/mol. The van der Waals surface area contributed by atoms with Crippen LogP contribution in [0.15, 0.2) is 57.7 Å². The molecule has 1 atom stereocenters. The van der Waals surface area contributed by atoms with Crippen LogP contribution in [-0.4, -0.2) is 61.7 Å². The third-order valence-electron chi connectivity index (χ3n) is 6.81. The van der Waals surface area contributed by atoms with Crippen molar-refractivity contribution in [2.45, 2.75) is 32.2 Å². The first-order chi connectivity index (χ1) is 17.2. The number of nitrogens with zero attached hydrogens (tertiary/aromatic N) is 2. The van der Waals surface area contributed by atoms with Crippen LogP contribution in [0.5, 0.6) is 5.75 Å². The summed E-state index contributed by atoms with van der Waals surface area (Å²) < 4.78 is 17.3. The summed E-state index contributed by atoms with van der Waals surface area (Å²) in [7, 11) is 0. The number of amides is 1. The van der Waals surface area contributed by atoms with Gasteiger partial charge in [0, 0.05) is 26.2 Å². The maximum atomic E-state index is 13.6. The number of rotatable bonds is 9. The first-order valence-electron chi connectivity index (χ1n) is 12.6. The lowest BCUT2D eigenvalue weighted by molar-refractivity contribution is 0.0353. The Morgan fingerprint density at radius 3 is 2.51 bits per heavy atom. The van der Waals surface area contributed by atoms with Gasteiger partial charge in [-0.05, 0) is 42.7 Å². The summed E-state index contributed by atoms with van der Waals surface area (Å²) in [5, 5.41) is 0.499. The fourth-order valence-corrected chi connectivity index (χ4v) is 4.91. The number of morpholine rings is 1. The van der Waals surface area contributed by atoms with Gasteiger partial charge in [-0.25, -0.2) is 0 Å². The molecular formula is C28H32N2O5. The highest BCUT2D eigenvalue weighted by Crippen LogP contribution is 2.38. The van der Waals surface area contributed by atoms with Gasteiger partial charge < -0.3 is 18.8 Å². The largest absolute Gasteiger partial charge is 0.494 e. The van der Waals surface area contributed by atoms with Gasteiger partial charge in [0.1, 0.15) is 11.3 Å². The van der Waals surface area contributed by atoms with Gasteiger partial charge in [0.05, 0.1) is 36.8 Å². The van der Waals surface area contributed by atoms with Gasteiger partial charge >= 0.3 is 0 Å². The second kappa shape index (κ2) is 10.6. The molecule has 35 heavy (non-hydrogen) atoms. The van der Waals surface area contributed by atoms with E-state index in [0.29, 0.717) is 29.7 Å². The van der Waals surface area contributed by atoms with Gasteiger partial charge in [0.2, 0.25) is 5.76 Å². The predicted molar refractivity (Wildman–Crippen MR) is 134 cm³/mol. The summed E-state index contributed by atoms with van der Waals surface area (Å²) in [6.45, 7) is 7.51. The highest BCUT2D eigenvalue weighted by Gasteiger charge is 2.42. The number of ether oxygens (including phenoxy) is 2. The van der Waals surface area contributed by atoms with E-state index in [1.54, 1.807) is 17.0 Å². The van der Waals surface area contributed by atoms with Crippen molar-refractivity contribution in [1.82, 2.24) is 9.80 Å². The molecule has 3 aromatic rings. The minimum atomic E-state index is -0.479. The van der Waals surface area contributed by atoms with Crippen molar-refractivity contribution in [3.05, 3.63) is 75.6 Å². The molecule has 0 unspecified atom stereocenters. The molecule has 0 radical (unpaired) electrons. The molecule has 0 spiro atoms. The molecule has 1 amide bonds. The van der Waals surface area contributed by atoms with Crippen LogP contribution in [0.2, 0.25) is 0 Å². The van der Waals surface area contributed by atoms with Crippen LogP contribution in [0.1, 0.15) is 53.9 Å². The van der Waals surface area contributed by atoms with Crippen molar-refractivity contribution in [3.63, 3.8) is 0 Å². The molecule has 7 heteroatoms. The molecule has 0 aliphatic carbocycles. The van der Waals surface area contributed by atoms with Crippen LogP contribution >= 0.6 is 0 Å². The Morgan fingerprint density at radius 1 is 0.971 bits per heavy atom. The van der Waals surface area contributed by atoms with Crippen molar-refractivity contribution >= 4 is 16.9 Å². The molecule has 1 fully saturated rings. The number of hydrogen-bond donors (Lipinski definition) is 0. The van der Waals surface area contributed by atoms with Crippen molar-refractivity contribution in [3.8, 4) is 5.75 Å². The Balaban J connectivity index is 1.46. The number of unbranched alkanes of at least 4 members (excludes halogenated alkanes) is 1. The second-order valence-electron chi connectivity index (χ2n) is 9.15. The second-order valence-corrected chi connectivity index (χ2v) is 9.15. The zero-order chi connectivity index (χ0) is 24.2. The Bertz CT molecular complexity index is 1230. The lowest BCUT2D eigenvalue weighted by atomic mass is 9.98. The van der Waals surface area contributed by atoms with E-state index in [4.69, 9.17) is 13.9 Å². The summed E-state index contributed by atoms with van der Waals surface area (Å²) in [6.07, 6.45) is 2.88. The van der Waals surface area contributed by atoms with E-state index in [1.807, 2.05) is 36.4 Å². The Hall–Kier alpha value is -3.16. The number of fused-ring (bicyclic) bond motifs is 2. The maximum absolute atomic E-state index is 13.6. The van der Waals surface area contributed by atoms with Crippen molar-refractivity contribution in [1.29, 1.82) is 0 Å². The summed E-state index contributed by atoms with van der Waals surface area (Å²) in [5.74, 6) is 0.725. The molecule has 2 aromatic carbocycles. The molecule has 2 aliphatic heterocycles. The molecule has 1 aromatic heterocycles. The van der Waals surface area contributed by atoms with Crippen LogP contribution in [0, 0.1) is 0 Å². The minimum absolute atomic E-state index is 0.140. The van der Waals surface area contributed by atoms with Gasteiger partial charge in [-0.2, -0.15) is 0 Å². The lowest BCUT2D eigenvalue weighted by Crippen LogP contribution is -2.38. The van der Waals surface area contributed by atoms with E-state index < -0.39 is 6.04 Å². The van der Waals surface area contributed by atoms with E-state index in [1.165, 1.54) is 0 Å². The highest BCUT2D eigenvalue weighted by molar-refractivity contribution is 5.99. The zero-order valence-corrected chi connectivity index (χ0v) is 20.2. The van der Waals surface area contributed by atoms with Crippen LogP contribution in [0.25, 0.3) is 11.0 Å². The normalized spacial score (nSPS) is 18.3. The molecule has 7 nitrogen and oxygen atoms in total. The number of benzene rings is 2. The van der Waals surface area contributed by atoms with E-state index in [-0.39, 0.29) is 17.1 Å². The summed E-state index contributed by atoms with van der Waals surface area (Å²) in [4.78, 5) is 31.3. The third kappa shape index (κ3) is 4.83. The van der Waals surface area contributed by atoms with Crippen LogP contribution in [0.3, 0.4) is 0 Å². The van der Waals surface area contributed by atoms with Gasteiger partial charge in [-0.15, -0.1) is 0 Å². The van der Waals surface area contributed by atoms with Crippen molar-refractivity contribution in [2.24, 2.45) is 0 Å². The lowest BCUT2D eigenvalue weighted by Gasteiger charge is -2.29. The molecule has 5 rings (SSSR count). The highest BCUT2D eigenvalue weighted by atomic mass is 16.5. The quantitative estimate of drug-likeness (QED) is 0.430. The van der Waals surface area contributed by atoms with Crippen LogP contribution in [0.4, 0.5) is 0 Å². The Labute approximate surface area is 205 Å². The van der Waals surface area contributed by atoms with Crippen molar-refractivity contribution < 1.29 is 18.7 Å². The first kappa shape index (κ1) is 23.6. The van der Waals surface area contributed by atoms with E-state index in [9.17, 15) is 9.59 Å². The van der Waals surface area contributed by atoms with Gasteiger partial charge in [-0.3, -0.25) is 14.5 Å². The average Bonchev–Trinajstić information content (AvgIpc) is 3.17. The topological polar surface area (TPSA) is 72.2 Å². The van der Waals surface area contributed by atoms with E-state index in [2.05, 4.69) is 11.8 Å². The van der Waals surface area contributed by atoms with Gasteiger partial charge in [-0.1, -0.05) is 37.6 Å². The predicted octanol–water partition coefficient (Wildman–Crippen LogP) is 4.24. The SMILES string of the molecule is CCCCOc1ccc([C@@H]2c3c(oc4ccccc4c3=O)C(=O)N2CCCN2CCOCC2)cc1. The summed E-state index contributed by atoms with van der Waals surface area (Å²) in [5.41, 5.74) is 1.62. The Kier molecular flexibility index (Phi) is 7.16. The fourth-order valence-electron chi connectivity index (χ4n) is 4.91. The average molecular weight is 477 g/mol. The molecule has 0 N–H and O–H groups in total. The molecule has 3 heterocycles. The van der Waals surface area contributed by atoms with Gasteiger partial charge in [0.25, 0.3) is 5.91 Å². The van der Waals surface area contributed by atoms with Crippen molar-refractivity contribution in [2.75, 3.05) is 46.0 Å². The summed E-state index contributed by atoms with van der Waals surface area (Å²) in [6, 6.07) is 14.4. The monoisotopic (exact) mass is 476 g/mol. The van der Waals surface area contributed by atoms with E-state index >= 15 is 0 Å². The van der Waals surface area contributed by atoms with Crippen LogP contribution in [-0.2, 0) is 4.74 Å².